The maximum Gasteiger partial charge on any atom is 0.252 e. The first-order valence-electron chi connectivity index (χ1n) is 8.61. The number of thiophene rings is 1. The fourth-order valence-corrected chi connectivity index (χ4v) is 6.94. The lowest BCUT2D eigenvalue weighted by Gasteiger charge is -2.34. The zero-order valence-corrected chi connectivity index (χ0v) is 17.4. The molecule has 0 aromatic carbocycles. The minimum atomic E-state index is -3.41. The normalized spacial score (nSPS) is 19.3. The van der Waals surface area contributed by atoms with Crippen LogP contribution in [0.2, 0.25) is 0 Å². The first-order valence-corrected chi connectivity index (χ1v) is 11.7. The van der Waals surface area contributed by atoms with E-state index in [1.807, 2.05) is 6.07 Å². The van der Waals surface area contributed by atoms with E-state index in [4.69, 9.17) is 0 Å². The van der Waals surface area contributed by atoms with Gasteiger partial charge in [0.05, 0.1) is 3.79 Å². The molecule has 2 aromatic heterocycles. The van der Waals surface area contributed by atoms with Crippen LogP contribution in [0.4, 0.5) is 11.6 Å². The average Bonchev–Trinajstić information content (AvgIpc) is 3.34. The van der Waals surface area contributed by atoms with E-state index in [0.29, 0.717) is 30.4 Å². The molecule has 10 heteroatoms. The number of halogens is 1. The number of rotatable bonds is 4. The van der Waals surface area contributed by atoms with Crippen molar-refractivity contribution in [3.05, 3.63) is 28.3 Å². The van der Waals surface area contributed by atoms with Crippen LogP contribution in [-0.2, 0) is 10.0 Å². The summed E-state index contributed by atoms with van der Waals surface area (Å²) in [5.74, 6) is 1.84. The van der Waals surface area contributed by atoms with Gasteiger partial charge >= 0.3 is 0 Å². The van der Waals surface area contributed by atoms with Crippen LogP contribution in [0.5, 0.6) is 0 Å². The number of piperazine rings is 1. The molecule has 0 unspecified atom stereocenters. The Balaban J connectivity index is 1.44. The lowest BCUT2D eigenvalue weighted by molar-refractivity contribution is 0.384. The van der Waals surface area contributed by atoms with Crippen LogP contribution in [0.25, 0.3) is 0 Å². The second-order valence-corrected chi connectivity index (χ2v) is 11.0. The second-order valence-electron chi connectivity index (χ2n) is 6.38. The molecule has 2 aromatic rings. The van der Waals surface area contributed by atoms with E-state index < -0.39 is 10.0 Å². The molecule has 4 heterocycles. The summed E-state index contributed by atoms with van der Waals surface area (Å²) < 4.78 is 28.2. The minimum Gasteiger partial charge on any atom is -0.356 e. The van der Waals surface area contributed by atoms with Gasteiger partial charge in [-0.15, -0.1) is 11.3 Å². The third-order valence-corrected chi connectivity index (χ3v) is 8.76. The fraction of sp³-hybridized carbons (Fsp3) is 0.500. The Morgan fingerprint density at radius 1 is 0.923 bits per heavy atom. The van der Waals surface area contributed by atoms with Crippen LogP contribution in [0, 0.1) is 0 Å². The molecule has 2 aliphatic heterocycles. The molecule has 0 spiro atoms. The molecule has 0 amide bonds. The van der Waals surface area contributed by atoms with Crippen molar-refractivity contribution < 1.29 is 8.42 Å². The number of nitrogens with zero attached hydrogens (tertiary/aromatic N) is 5. The van der Waals surface area contributed by atoms with Gasteiger partial charge < -0.3 is 9.80 Å². The molecular formula is C16H20BrN5O2S2. The Bertz CT molecular complexity index is 874. The fourth-order valence-electron chi connectivity index (χ4n) is 3.35. The predicted molar refractivity (Wildman–Crippen MR) is 106 cm³/mol. The van der Waals surface area contributed by atoms with Crippen molar-refractivity contribution in [2.75, 3.05) is 49.1 Å². The smallest absolute Gasteiger partial charge is 0.252 e. The quantitative estimate of drug-likeness (QED) is 0.701. The molecule has 0 atom stereocenters. The third kappa shape index (κ3) is 3.60. The summed E-state index contributed by atoms with van der Waals surface area (Å²) in [6.45, 7) is 4.25. The van der Waals surface area contributed by atoms with Gasteiger partial charge in [-0.2, -0.15) is 4.31 Å². The van der Waals surface area contributed by atoms with Crippen molar-refractivity contribution in [1.82, 2.24) is 14.3 Å². The van der Waals surface area contributed by atoms with Crippen LogP contribution in [0.3, 0.4) is 0 Å². The van der Waals surface area contributed by atoms with Gasteiger partial charge in [-0.3, -0.25) is 0 Å². The first kappa shape index (κ1) is 18.1. The highest BCUT2D eigenvalue weighted by Crippen LogP contribution is 2.29. The molecule has 26 heavy (non-hydrogen) atoms. The summed E-state index contributed by atoms with van der Waals surface area (Å²) in [5, 5.41) is 0. The molecule has 2 saturated heterocycles. The van der Waals surface area contributed by atoms with Crippen LogP contribution in [-0.4, -0.2) is 62.0 Å². The molecule has 7 nitrogen and oxygen atoms in total. The summed E-state index contributed by atoms with van der Waals surface area (Å²) in [6.07, 6.45) is 4.01. The molecular weight excluding hydrogens is 438 g/mol. The average molecular weight is 458 g/mol. The molecule has 140 valence electrons. The maximum atomic E-state index is 12.7. The summed E-state index contributed by atoms with van der Waals surface area (Å²) in [5.41, 5.74) is 0. The Morgan fingerprint density at radius 3 is 2.12 bits per heavy atom. The van der Waals surface area contributed by atoms with Crippen LogP contribution in [0.1, 0.15) is 12.8 Å². The molecule has 0 aliphatic carbocycles. The highest BCUT2D eigenvalue weighted by Gasteiger charge is 2.30. The number of aromatic nitrogens is 2. The number of sulfonamides is 1. The number of anilines is 2. The zero-order chi connectivity index (χ0) is 18.1. The van der Waals surface area contributed by atoms with Gasteiger partial charge in [0.2, 0.25) is 0 Å². The predicted octanol–water partition coefficient (Wildman–Crippen LogP) is 2.41. The van der Waals surface area contributed by atoms with Gasteiger partial charge in [-0.25, -0.2) is 18.4 Å². The summed E-state index contributed by atoms with van der Waals surface area (Å²) in [4.78, 5) is 13.2. The summed E-state index contributed by atoms with van der Waals surface area (Å²) in [7, 11) is -3.41. The summed E-state index contributed by atoms with van der Waals surface area (Å²) in [6, 6.07) is 5.45. The highest BCUT2D eigenvalue weighted by molar-refractivity contribution is 9.11. The van der Waals surface area contributed by atoms with Crippen molar-refractivity contribution in [2.24, 2.45) is 0 Å². The molecule has 2 fully saturated rings. The molecule has 4 rings (SSSR count). The first-order chi connectivity index (χ1) is 12.5. The Hall–Kier alpha value is -1.23. The van der Waals surface area contributed by atoms with Gasteiger partial charge in [0.25, 0.3) is 10.0 Å². The van der Waals surface area contributed by atoms with E-state index in [9.17, 15) is 8.42 Å². The number of hydrogen-bond donors (Lipinski definition) is 0. The zero-order valence-electron chi connectivity index (χ0n) is 14.2. The Morgan fingerprint density at radius 2 is 1.54 bits per heavy atom. The van der Waals surface area contributed by atoms with Crippen LogP contribution < -0.4 is 9.80 Å². The molecule has 0 N–H and O–H groups in total. The van der Waals surface area contributed by atoms with Gasteiger partial charge in [0.1, 0.15) is 22.2 Å². The standard InChI is InChI=1S/C16H20BrN5O2S2/c17-13-3-4-16(25-13)26(23,24)22-9-7-21(8-10-22)15-11-14(18-12-19-15)20-5-1-2-6-20/h3-4,11-12H,1-2,5-10H2. The van der Waals surface area contributed by atoms with Crippen LogP contribution in [0.15, 0.2) is 32.5 Å². The highest BCUT2D eigenvalue weighted by atomic mass is 79.9. The van der Waals surface area contributed by atoms with Crippen molar-refractivity contribution in [3.63, 3.8) is 0 Å². The van der Waals surface area contributed by atoms with E-state index >= 15 is 0 Å². The van der Waals surface area contributed by atoms with Crippen molar-refractivity contribution in [2.45, 2.75) is 17.1 Å². The SMILES string of the molecule is O=S(=O)(c1ccc(Br)s1)N1CCN(c2cc(N3CCCC3)ncn2)CC1. The Kier molecular flexibility index (Phi) is 5.18. The van der Waals surface area contributed by atoms with E-state index in [1.54, 1.807) is 22.8 Å². The lowest BCUT2D eigenvalue weighted by atomic mass is 10.3. The topological polar surface area (TPSA) is 69.6 Å². The number of hydrogen-bond acceptors (Lipinski definition) is 7. The van der Waals surface area contributed by atoms with E-state index in [2.05, 4.69) is 35.7 Å². The largest absolute Gasteiger partial charge is 0.356 e. The monoisotopic (exact) mass is 457 g/mol. The Labute approximate surface area is 165 Å². The summed E-state index contributed by atoms with van der Waals surface area (Å²) >= 11 is 4.58. The second kappa shape index (κ2) is 7.41. The van der Waals surface area contributed by atoms with Crippen molar-refractivity contribution in [1.29, 1.82) is 0 Å². The van der Waals surface area contributed by atoms with Gasteiger partial charge in [0.15, 0.2) is 0 Å². The van der Waals surface area contributed by atoms with E-state index in [-0.39, 0.29) is 0 Å². The molecule has 2 aliphatic rings. The lowest BCUT2D eigenvalue weighted by Crippen LogP contribution is -2.48. The minimum absolute atomic E-state index is 0.385. The molecule has 0 bridgehead atoms. The third-order valence-electron chi connectivity index (χ3n) is 4.77. The molecule has 0 radical (unpaired) electrons. The van der Waals surface area contributed by atoms with Crippen molar-refractivity contribution in [3.8, 4) is 0 Å². The van der Waals surface area contributed by atoms with Crippen LogP contribution >= 0.6 is 27.3 Å². The van der Waals surface area contributed by atoms with Gasteiger partial charge in [-0.05, 0) is 40.9 Å². The maximum absolute atomic E-state index is 12.7. The van der Waals surface area contributed by atoms with Crippen molar-refractivity contribution >= 4 is 48.9 Å². The van der Waals surface area contributed by atoms with E-state index in [0.717, 1.165) is 28.5 Å². The van der Waals surface area contributed by atoms with Gasteiger partial charge in [-0.1, -0.05) is 0 Å². The van der Waals surface area contributed by atoms with Gasteiger partial charge in [0, 0.05) is 45.3 Å². The van der Waals surface area contributed by atoms with E-state index in [1.165, 1.54) is 24.2 Å². The molecule has 0 saturated carbocycles.